The first-order valence-electron chi connectivity index (χ1n) is 8.27. The van der Waals surface area contributed by atoms with Crippen molar-refractivity contribution in [2.75, 3.05) is 7.11 Å². The molecule has 0 aliphatic carbocycles. The number of hydrogen-bond acceptors (Lipinski definition) is 4. The van der Waals surface area contributed by atoms with Crippen molar-refractivity contribution in [1.29, 1.82) is 0 Å². The third-order valence-electron chi connectivity index (χ3n) is 4.45. The molecule has 1 fully saturated rings. The summed E-state index contributed by atoms with van der Waals surface area (Å²) in [5.41, 5.74) is 8.35. The molecule has 2 aromatic carbocycles. The largest absolute Gasteiger partial charge is 0.497 e. The van der Waals surface area contributed by atoms with Gasteiger partial charge in [-0.05, 0) is 48.7 Å². The Bertz CT molecular complexity index is 736. The normalized spacial score (nSPS) is 20.9. The van der Waals surface area contributed by atoms with Gasteiger partial charge in [0.1, 0.15) is 11.8 Å². The van der Waals surface area contributed by atoms with Crippen LogP contribution in [0.15, 0.2) is 48.5 Å². The zero-order valence-corrected chi connectivity index (χ0v) is 15.0. The van der Waals surface area contributed by atoms with Crippen LogP contribution in [0, 0.1) is 0 Å². The van der Waals surface area contributed by atoms with Gasteiger partial charge in [0, 0.05) is 11.1 Å². The van der Waals surface area contributed by atoms with Crippen LogP contribution in [0.5, 0.6) is 5.75 Å². The second-order valence-electron chi connectivity index (χ2n) is 6.19. The lowest BCUT2D eigenvalue weighted by Gasteiger charge is -2.17. The molecule has 1 aliphatic heterocycles. The molecule has 0 spiro atoms. The van der Waals surface area contributed by atoms with Gasteiger partial charge in [-0.25, -0.2) is 10.9 Å². The number of benzene rings is 2. The Labute approximate surface area is 152 Å². The average molecular weight is 360 g/mol. The van der Waals surface area contributed by atoms with Crippen LogP contribution in [0.4, 0.5) is 0 Å². The van der Waals surface area contributed by atoms with Crippen molar-refractivity contribution in [3.05, 3.63) is 64.7 Å². The SMILES string of the molecule is COc1ccc(C(C)NC(=O)C2CC(c3cccc(Cl)c3)NN2)cc1. The molecule has 5 nitrogen and oxygen atoms in total. The van der Waals surface area contributed by atoms with Gasteiger partial charge >= 0.3 is 0 Å². The number of hydrogen-bond donors (Lipinski definition) is 3. The molecule has 0 bridgehead atoms. The van der Waals surface area contributed by atoms with Crippen molar-refractivity contribution in [1.82, 2.24) is 16.2 Å². The van der Waals surface area contributed by atoms with Crippen LogP contribution in [0.2, 0.25) is 5.02 Å². The lowest BCUT2D eigenvalue weighted by Crippen LogP contribution is -2.43. The Balaban J connectivity index is 1.58. The highest BCUT2D eigenvalue weighted by Gasteiger charge is 2.30. The number of methoxy groups -OCH3 is 1. The second-order valence-corrected chi connectivity index (χ2v) is 6.62. The van der Waals surface area contributed by atoms with E-state index in [2.05, 4.69) is 16.2 Å². The van der Waals surface area contributed by atoms with Crippen molar-refractivity contribution >= 4 is 17.5 Å². The van der Waals surface area contributed by atoms with Gasteiger partial charge in [0.2, 0.25) is 5.91 Å². The molecular formula is C19H22ClN3O2. The molecule has 3 unspecified atom stereocenters. The first-order valence-corrected chi connectivity index (χ1v) is 8.65. The summed E-state index contributed by atoms with van der Waals surface area (Å²) in [6.45, 7) is 1.97. The molecule has 3 rings (SSSR count). The maximum absolute atomic E-state index is 12.5. The van der Waals surface area contributed by atoms with E-state index in [1.807, 2.05) is 55.5 Å². The Morgan fingerprint density at radius 1 is 1.24 bits per heavy atom. The van der Waals surface area contributed by atoms with Gasteiger partial charge in [0.05, 0.1) is 13.2 Å². The van der Waals surface area contributed by atoms with Gasteiger partial charge in [-0.2, -0.15) is 0 Å². The first-order chi connectivity index (χ1) is 12.1. The van der Waals surface area contributed by atoms with E-state index in [-0.39, 0.29) is 24.0 Å². The molecule has 0 aromatic heterocycles. The number of amides is 1. The average Bonchev–Trinajstić information content (AvgIpc) is 3.12. The molecule has 0 saturated carbocycles. The molecule has 3 N–H and O–H groups in total. The molecule has 1 heterocycles. The highest BCUT2D eigenvalue weighted by molar-refractivity contribution is 6.30. The summed E-state index contributed by atoms with van der Waals surface area (Å²) in [6, 6.07) is 15.1. The third-order valence-corrected chi connectivity index (χ3v) is 4.68. The monoisotopic (exact) mass is 359 g/mol. The fourth-order valence-electron chi connectivity index (χ4n) is 2.96. The van der Waals surface area contributed by atoms with Crippen LogP contribution < -0.4 is 20.9 Å². The van der Waals surface area contributed by atoms with Crippen LogP contribution >= 0.6 is 11.6 Å². The van der Waals surface area contributed by atoms with Gasteiger partial charge in [-0.3, -0.25) is 4.79 Å². The molecule has 6 heteroatoms. The summed E-state index contributed by atoms with van der Waals surface area (Å²) in [7, 11) is 1.63. The number of hydrazine groups is 1. The van der Waals surface area contributed by atoms with Crippen molar-refractivity contribution in [2.24, 2.45) is 0 Å². The van der Waals surface area contributed by atoms with Gasteiger partial charge in [-0.1, -0.05) is 35.9 Å². The molecule has 1 aliphatic rings. The number of halogens is 1. The van der Waals surface area contributed by atoms with E-state index in [4.69, 9.17) is 16.3 Å². The lowest BCUT2D eigenvalue weighted by atomic mass is 10.0. The maximum Gasteiger partial charge on any atom is 0.239 e. The van der Waals surface area contributed by atoms with Crippen molar-refractivity contribution in [3.63, 3.8) is 0 Å². The van der Waals surface area contributed by atoms with E-state index in [1.165, 1.54) is 0 Å². The Kier molecular flexibility index (Phi) is 5.58. The molecule has 3 atom stereocenters. The minimum atomic E-state index is -0.287. The predicted octanol–water partition coefficient (Wildman–Crippen LogP) is 3.13. The topological polar surface area (TPSA) is 62.4 Å². The summed E-state index contributed by atoms with van der Waals surface area (Å²) in [5, 5.41) is 3.75. The van der Waals surface area contributed by atoms with Gasteiger partial charge in [0.15, 0.2) is 0 Å². The van der Waals surface area contributed by atoms with Crippen LogP contribution in [-0.4, -0.2) is 19.1 Å². The zero-order valence-electron chi connectivity index (χ0n) is 14.3. The summed E-state index contributed by atoms with van der Waals surface area (Å²) >= 11 is 6.04. The summed E-state index contributed by atoms with van der Waals surface area (Å²) in [5.74, 6) is 0.772. The first kappa shape index (κ1) is 17.7. The molecule has 2 aromatic rings. The Morgan fingerprint density at radius 2 is 2.00 bits per heavy atom. The summed E-state index contributed by atoms with van der Waals surface area (Å²) in [6.07, 6.45) is 0.668. The fourth-order valence-corrected chi connectivity index (χ4v) is 3.16. The van der Waals surface area contributed by atoms with Crippen LogP contribution in [-0.2, 0) is 4.79 Å². The smallest absolute Gasteiger partial charge is 0.239 e. The van der Waals surface area contributed by atoms with E-state index in [9.17, 15) is 4.79 Å². The van der Waals surface area contributed by atoms with Crippen LogP contribution in [0.3, 0.4) is 0 Å². The molecular weight excluding hydrogens is 338 g/mol. The Hall–Kier alpha value is -2.08. The highest BCUT2D eigenvalue weighted by atomic mass is 35.5. The van der Waals surface area contributed by atoms with Gasteiger partial charge < -0.3 is 10.1 Å². The van der Waals surface area contributed by atoms with Crippen molar-refractivity contribution in [3.8, 4) is 5.75 Å². The molecule has 1 saturated heterocycles. The predicted molar refractivity (Wildman–Crippen MR) is 98.4 cm³/mol. The van der Waals surface area contributed by atoms with Crippen LogP contribution in [0.1, 0.15) is 36.6 Å². The van der Waals surface area contributed by atoms with E-state index in [1.54, 1.807) is 7.11 Å². The number of nitrogens with one attached hydrogen (secondary N) is 3. The number of carbonyl (C=O) groups is 1. The zero-order chi connectivity index (χ0) is 17.8. The molecule has 132 valence electrons. The van der Waals surface area contributed by atoms with E-state index >= 15 is 0 Å². The van der Waals surface area contributed by atoms with E-state index in [0.29, 0.717) is 11.4 Å². The Morgan fingerprint density at radius 3 is 2.68 bits per heavy atom. The van der Waals surface area contributed by atoms with Crippen molar-refractivity contribution < 1.29 is 9.53 Å². The number of ether oxygens (including phenoxy) is 1. The third kappa shape index (κ3) is 4.31. The highest BCUT2D eigenvalue weighted by Crippen LogP contribution is 2.25. The minimum absolute atomic E-state index is 0.0275. The molecule has 0 radical (unpaired) electrons. The number of carbonyl (C=O) groups excluding carboxylic acids is 1. The fraction of sp³-hybridized carbons (Fsp3) is 0.316. The molecule has 25 heavy (non-hydrogen) atoms. The van der Waals surface area contributed by atoms with E-state index < -0.39 is 0 Å². The standard InChI is InChI=1S/C19H22ClN3O2/c1-12(13-6-8-16(25-2)9-7-13)21-19(24)18-11-17(22-23-18)14-4-3-5-15(20)10-14/h3-10,12,17-18,22-23H,11H2,1-2H3,(H,21,24). The maximum atomic E-state index is 12.5. The summed E-state index contributed by atoms with van der Waals surface area (Å²) in [4.78, 5) is 12.5. The quantitative estimate of drug-likeness (QED) is 0.767. The lowest BCUT2D eigenvalue weighted by molar-refractivity contribution is -0.123. The van der Waals surface area contributed by atoms with Gasteiger partial charge in [0.25, 0.3) is 0 Å². The van der Waals surface area contributed by atoms with E-state index in [0.717, 1.165) is 16.9 Å². The summed E-state index contributed by atoms with van der Waals surface area (Å²) < 4.78 is 5.16. The van der Waals surface area contributed by atoms with Crippen molar-refractivity contribution in [2.45, 2.75) is 31.5 Å². The minimum Gasteiger partial charge on any atom is -0.497 e. The van der Waals surface area contributed by atoms with Gasteiger partial charge in [-0.15, -0.1) is 0 Å². The molecule has 1 amide bonds. The van der Waals surface area contributed by atoms with Crippen LogP contribution in [0.25, 0.3) is 0 Å². The second kappa shape index (κ2) is 7.87. The number of rotatable bonds is 5.